The van der Waals surface area contributed by atoms with Crippen LogP contribution in [0, 0.1) is 5.92 Å². The van der Waals surface area contributed by atoms with E-state index in [9.17, 15) is 14.4 Å². The fraction of sp³-hybridized carbons (Fsp3) is 0.625. The fourth-order valence-corrected chi connectivity index (χ4v) is 1.08. The molecule has 0 rings (SSSR count). The van der Waals surface area contributed by atoms with Crippen molar-refractivity contribution < 1.29 is 14.4 Å². The number of carbonyl (C=O) groups excluding carboxylic acids is 3. The van der Waals surface area contributed by atoms with Crippen LogP contribution in [0.15, 0.2) is 0 Å². The van der Waals surface area contributed by atoms with Gasteiger partial charge in [-0.15, -0.1) is 0 Å². The Morgan fingerprint density at radius 3 is 2.07 bits per heavy atom. The van der Waals surface area contributed by atoms with Crippen LogP contribution in [-0.2, 0) is 14.4 Å². The van der Waals surface area contributed by atoms with Gasteiger partial charge in [0.1, 0.15) is 0 Å². The van der Waals surface area contributed by atoms with Crippen molar-refractivity contribution >= 4 is 17.6 Å². The molecule has 6 heteroatoms. The van der Waals surface area contributed by atoms with Crippen molar-refractivity contribution in [2.45, 2.75) is 19.3 Å². The molecule has 0 saturated heterocycles. The Bertz CT molecular complexity index is 240. The first-order valence-corrected chi connectivity index (χ1v) is 4.29. The third kappa shape index (κ3) is 4.56. The first-order valence-electron chi connectivity index (χ1n) is 4.29. The molecule has 0 aliphatic rings. The number of rotatable bonds is 7. The zero-order valence-corrected chi connectivity index (χ0v) is 7.86. The van der Waals surface area contributed by atoms with Gasteiger partial charge in [0.2, 0.25) is 11.8 Å². The highest BCUT2D eigenvalue weighted by molar-refractivity contribution is 6.01. The Hall–Kier alpha value is -1.43. The summed E-state index contributed by atoms with van der Waals surface area (Å²) in [6.07, 6.45) is 0.741. The van der Waals surface area contributed by atoms with Crippen molar-refractivity contribution in [1.29, 1.82) is 0 Å². The van der Waals surface area contributed by atoms with E-state index in [0.717, 1.165) is 0 Å². The summed E-state index contributed by atoms with van der Waals surface area (Å²) in [5.41, 5.74) is 15.0. The van der Waals surface area contributed by atoms with E-state index in [-0.39, 0.29) is 19.4 Å². The van der Waals surface area contributed by atoms with Crippen LogP contribution in [0.3, 0.4) is 0 Å². The van der Waals surface area contributed by atoms with Crippen molar-refractivity contribution in [2.75, 3.05) is 6.54 Å². The lowest BCUT2D eigenvalue weighted by atomic mass is 9.96. The van der Waals surface area contributed by atoms with Gasteiger partial charge < -0.3 is 17.2 Å². The molecule has 2 amide bonds. The number of ketones is 1. The molecule has 6 N–H and O–H groups in total. The summed E-state index contributed by atoms with van der Waals surface area (Å²) < 4.78 is 0. The number of primary amides is 2. The van der Waals surface area contributed by atoms with E-state index in [1.54, 1.807) is 0 Å². The van der Waals surface area contributed by atoms with Gasteiger partial charge in [0, 0.05) is 6.42 Å². The van der Waals surface area contributed by atoms with Crippen LogP contribution in [0.4, 0.5) is 0 Å². The minimum Gasteiger partial charge on any atom is -0.370 e. The van der Waals surface area contributed by atoms with Gasteiger partial charge in [0.05, 0.1) is 12.5 Å². The molecule has 0 radical (unpaired) electrons. The van der Waals surface area contributed by atoms with Gasteiger partial charge in [-0.05, 0) is 12.8 Å². The Kier molecular flexibility index (Phi) is 5.47. The van der Waals surface area contributed by atoms with Crippen LogP contribution in [0.5, 0.6) is 0 Å². The molecule has 0 bridgehead atoms. The molecule has 6 nitrogen and oxygen atoms in total. The van der Waals surface area contributed by atoms with E-state index < -0.39 is 23.5 Å². The predicted octanol–water partition coefficient (Wildman–Crippen LogP) is -1.73. The summed E-state index contributed by atoms with van der Waals surface area (Å²) in [5, 5.41) is 0. The van der Waals surface area contributed by atoms with Crippen LogP contribution in [-0.4, -0.2) is 24.1 Å². The first kappa shape index (κ1) is 12.6. The molecule has 0 aliphatic carbocycles. The van der Waals surface area contributed by atoms with E-state index in [1.807, 2.05) is 0 Å². The molecule has 0 aromatic rings. The Balaban J connectivity index is 4.05. The van der Waals surface area contributed by atoms with Crippen molar-refractivity contribution in [3.8, 4) is 0 Å². The largest absolute Gasteiger partial charge is 0.370 e. The quantitative estimate of drug-likeness (QED) is 0.422. The maximum absolute atomic E-state index is 11.1. The molecule has 14 heavy (non-hydrogen) atoms. The molecule has 80 valence electrons. The van der Waals surface area contributed by atoms with Crippen molar-refractivity contribution in [3.63, 3.8) is 0 Å². The Labute approximate surface area is 81.8 Å². The van der Waals surface area contributed by atoms with E-state index >= 15 is 0 Å². The lowest BCUT2D eigenvalue weighted by Crippen LogP contribution is -2.34. The average Bonchev–Trinajstić information content (AvgIpc) is 2.10. The molecule has 0 saturated carbocycles. The van der Waals surface area contributed by atoms with Gasteiger partial charge in [-0.1, -0.05) is 0 Å². The minimum absolute atomic E-state index is 0.141. The Morgan fingerprint density at radius 1 is 1.14 bits per heavy atom. The molecule has 0 fully saturated rings. The van der Waals surface area contributed by atoms with Crippen molar-refractivity contribution in [2.24, 2.45) is 23.1 Å². The molecule has 0 aliphatic heterocycles. The van der Waals surface area contributed by atoms with Crippen LogP contribution < -0.4 is 17.2 Å². The lowest BCUT2D eigenvalue weighted by Gasteiger charge is -2.09. The van der Waals surface area contributed by atoms with Crippen molar-refractivity contribution in [1.82, 2.24) is 0 Å². The molecule has 1 unspecified atom stereocenters. The molecule has 0 spiro atoms. The topological polar surface area (TPSA) is 129 Å². The summed E-state index contributed by atoms with van der Waals surface area (Å²) in [4.78, 5) is 32.3. The number of nitrogens with two attached hydrogens (primary N) is 3. The summed E-state index contributed by atoms with van der Waals surface area (Å²) in [7, 11) is 0. The lowest BCUT2D eigenvalue weighted by molar-refractivity contribution is -0.132. The molecule has 1 atom stereocenters. The molecule has 0 aromatic heterocycles. The number of amides is 2. The minimum atomic E-state index is -0.889. The first-order chi connectivity index (χ1) is 6.49. The van der Waals surface area contributed by atoms with Crippen LogP contribution in [0.1, 0.15) is 19.3 Å². The van der Waals surface area contributed by atoms with Gasteiger partial charge in [0.15, 0.2) is 5.78 Å². The van der Waals surface area contributed by atoms with Crippen LogP contribution in [0.25, 0.3) is 0 Å². The number of hydrogen-bond acceptors (Lipinski definition) is 4. The third-order valence-electron chi connectivity index (χ3n) is 1.85. The summed E-state index contributed by atoms with van der Waals surface area (Å²) in [6, 6.07) is 0. The fourth-order valence-electron chi connectivity index (χ4n) is 1.08. The second-order valence-electron chi connectivity index (χ2n) is 2.98. The van der Waals surface area contributed by atoms with E-state index in [4.69, 9.17) is 17.2 Å². The van der Waals surface area contributed by atoms with Crippen molar-refractivity contribution in [3.05, 3.63) is 0 Å². The molecular weight excluding hydrogens is 186 g/mol. The van der Waals surface area contributed by atoms with Crippen LogP contribution >= 0.6 is 0 Å². The second kappa shape index (κ2) is 6.09. The van der Waals surface area contributed by atoms with E-state index in [2.05, 4.69) is 0 Å². The number of carbonyl (C=O) groups is 3. The summed E-state index contributed by atoms with van der Waals surface area (Å²) >= 11 is 0. The highest BCUT2D eigenvalue weighted by Crippen LogP contribution is 2.08. The number of hydrogen-bond donors (Lipinski definition) is 3. The maximum Gasteiger partial charge on any atom is 0.228 e. The Morgan fingerprint density at radius 2 is 1.71 bits per heavy atom. The predicted molar refractivity (Wildman–Crippen MR) is 49.8 cm³/mol. The normalized spacial score (nSPS) is 12.1. The van der Waals surface area contributed by atoms with Gasteiger partial charge in [-0.25, -0.2) is 0 Å². The zero-order valence-electron chi connectivity index (χ0n) is 7.86. The maximum atomic E-state index is 11.1. The third-order valence-corrected chi connectivity index (χ3v) is 1.85. The highest BCUT2D eigenvalue weighted by atomic mass is 16.2. The van der Waals surface area contributed by atoms with Gasteiger partial charge in [-0.3, -0.25) is 14.4 Å². The SMILES string of the molecule is NCC(=O)C(CCCC(N)=O)C(N)=O. The highest BCUT2D eigenvalue weighted by Gasteiger charge is 2.22. The number of Topliss-reactive ketones (excluding diaryl/α,β-unsaturated/α-hetero) is 1. The van der Waals surface area contributed by atoms with E-state index in [1.165, 1.54) is 0 Å². The zero-order chi connectivity index (χ0) is 11.1. The smallest absolute Gasteiger partial charge is 0.228 e. The van der Waals surface area contributed by atoms with E-state index in [0.29, 0.717) is 6.42 Å². The molecule has 0 heterocycles. The molecular formula is C8H15N3O3. The van der Waals surface area contributed by atoms with Gasteiger partial charge in [0.25, 0.3) is 0 Å². The van der Waals surface area contributed by atoms with Gasteiger partial charge >= 0.3 is 0 Å². The molecule has 0 aromatic carbocycles. The van der Waals surface area contributed by atoms with Gasteiger partial charge in [-0.2, -0.15) is 0 Å². The summed E-state index contributed by atoms with van der Waals surface area (Å²) in [6.45, 7) is -0.218. The summed E-state index contributed by atoms with van der Waals surface area (Å²) in [5.74, 6) is -2.46. The standard InChI is InChI=1S/C8H15N3O3/c9-4-6(12)5(8(11)14)2-1-3-7(10)13/h5H,1-4,9H2,(H2,10,13)(H2,11,14). The average molecular weight is 201 g/mol. The second-order valence-corrected chi connectivity index (χ2v) is 2.98. The van der Waals surface area contributed by atoms with Crippen LogP contribution in [0.2, 0.25) is 0 Å². The monoisotopic (exact) mass is 201 g/mol.